The number of morpholine rings is 1. The van der Waals surface area contributed by atoms with Gasteiger partial charge in [0.15, 0.2) is 5.60 Å². The van der Waals surface area contributed by atoms with Crippen molar-refractivity contribution < 1.29 is 53.4 Å². The van der Waals surface area contributed by atoms with Crippen molar-refractivity contribution in [2.45, 2.75) is 38.1 Å². The first-order valence-electron chi connectivity index (χ1n) is 13.5. The molecule has 0 unspecified atom stereocenters. The molecule has 0 saturated carbocycles. The van der Waals surface area contributed by atoms with Gasteiger partial charge in [0.2, 0.25) is 5.95 Å². The molecule has 4 rings (SSSR count). The summed E-state index contributed by atoms with van der Waals surface area (Å²) in [6, 6.07) is 9.72. The third kappa shape index (κ3) is 10.2. The van der Waals surface area contributed by atoms with Gasteiger partial charge in [-0.15, -0.1) is 0 Å². The number of carboxylic acid groups (broad SMARTS) is 3. The van der Waals surface area contributed by atoms with Gasteiger partial charge in [0.25, 0.3) is 0 Å². The highest BCUT2D eigenvalue weighted by atomic mass is 16.5. The fourth-order valence-electron chi connectivity index (χ4n) is 4.37. The highest BCUT2D eigenvalue weighted by Crippen LogP contribution is 2.27. The second-order valence-electron chi connectivity index (χ2n) is 9.87. The summed E-state index contributed by atoms with van der Waals surface area (Å²) >= 11 is 0. The number of benzene rings is 1. The Morgan fingerprint density at radius 1 is 0.955 bits per heavy atom. The summed E-state index contributed by atoms with van der Waals surface area (Å²) in [6.45, 7) is 5.04. The van der Waals surface area contributed by atoms with E-state index in [1.54, 1.807) is 20.5 Å². The second-order valence-corrected chi connectivity index (χ2v) is 9.87. The standard InChI is InChI=1S/C23H28N4O4.C6H8O7/c1-28-20-5-6-22(29-2)19(12-20)16-26(17-21-4-3-9-31-21)15-18-13-24-23(25-14-18)27-7-10-30-11-8-27;7-3(8)1-6(13,5(11)12)2-4(9)10/h3-6,9,12-14H,7-8,10-11,15-17H2,1-2H3;13H,1-2H2,(H,7,8)(H,9,10)(H,11,12). The van der Waals surface area contributed by atoms with Gasteiger partial charge in [0, 0.05) is 49.7 Å². The summed E-state index contributed by atoms with van der Waals surface area (Å²) in [7, 11) is 3.35. The van der Waals surface area contributed by atoms with Gasteiger partial charge in [0.1, 0.15) is 17.3 Å². The summed E-state index contributed by atoms with van der Waals surface area (Å²) in [5.74, 6) is -1.75. The highest BCUT2D eigenvalue weighted by molar-refractivity contribution is 5.88. The lowest BCUT2D eigenvalue weighted by Crippen LogP contribution is -2.42. The summed E-state index contributed by atoms with van der Waals surface area (Å²) in [5, 5.41) is 33.8. The van der Waals surface area contributed by atoms with Crippen molar-refractivity contribution in [3.05, 3.63) is 65.9 Å². The molecule has 1 aromatic carbocycles. The van der Waals surface area contributed by atoms with Crippen molar-refractivity contribution in [2.24, 2.45) is 0 Å². The lowest BCUT2D eigenvalue weighted by molar-refractivity contribution is -0.170. The van der Waals surface area contributed by atoms with E-state index in [0.29, 0.717) is 32.8 Å². The maximum Gasteiger partial charge on any atom is 0.336 e. The molecule has 0 atom stereocenters. The molecule has 0 aliphatic carbocycles. The summed E-state index contributed by atoms with van der Waals surface area (Å²) in [5.41, 5.74) is -0.665. The number of ether oxygens (including phenoxy) is 3. The zero-order chi connectivity index (χ0) is 32.1. The molecule has 15 heteroatoms. The Morgan fingerprint density at radius 2 is 1.61 bits per heavy atom. The minimum atomic E-state index is -2.74. The Labute approximate surface area is 253 Å². The van der Waals surface area contributed by atoms with Gasteiger partial charge in [-0.2, -0.15) is 0 Å². The van der Waals surface area contributed by atoms with Crippen molar-refractivity contribution in [3.8, 4) is 11.5 Å². The molecule has 4 N–H and O–H groups in total. The van der Waals surface area contributed by atoms with Gasteiger partial charge in [-0.05, 0) is 30.3 Å². The predicted molar refractivity (Wildman–Crippen MR) is 153 cm³/mol. The molecule has 2 aromatic heterocycles. The van der Waals surface area contributed by atoms with Crippen LogP contribution < -0.4 is 14.4 Å². The number of aliphatic carboxylic acids is 3. The number of anilines is 1. The van der Waals surface area contributed by atoms with Crippen LogP contribution >= 0.6 is 0 Å². The van der Waals surface area contributed by atoms with Crippen LogP contribution in [0, 0.1) is 0 Å². The Balaban J connectivity index is 0.000000345. The minimum Gasteiger partial charge on any atom is -0.497 e. The first-order chi connectivity index (χ1) is 21.0. The van der Waals surface area contributed by atoms with E-state index < -0.39 is 36.4 Å². The fourth-order valence-corrected chi connectivity index (χ4v) is 4.37. The number of aromatic nitrogens is 2. The molecular formula is C29H36N4O11. The van der Waals surface area contributed by atoms with Gasteiger partial charge in [-0.3, -0.25) is 14.5 Å². The van der Waals surface area contributed by atoms with Crippen molar-refractivity contribution in [1.29, 1.82) is 0 Å². The molecule has 44 heavy (non-hydrogen) atoms. The molecule has 3 heterocycles. The largest absolute Gasteiger partial charge is 0.497 e. The quantitative estimate of drug-likeness (QED) is 0.204. The molecular weight excluding hydrogens is 580 g/mol. The molecule has 238 valence electrons. The second kappa shape index (κ2) is 16.2. The number of rotatable bonds is 14. The lowest BCUT2D eigenvalue weighted by Gasteiger charge is -2.27. The molecule has 1 fully saturated rings. The van der Waals surface area contributed by atoms with Gasteiger partial charge in [0.05, 0.1) is 53.1 Å². The summed E-state index contributed by atoms with van der Waals surface area (Å²) in [6.07, 6.45) is 3.20. The maximum atomic E-state index is 10.3. The van der Waals surface area contributed by atoms with Crippen LogP contribution in [0.5, 0.6) is 11.5 Å². The fraction of sp³-hybridized carbons (Fsp3) is 0.414. The third-order valence-corrected chi connectivity index (χ3v) is 6.52. The normalized spacial score (nSPS) is 13.1. The van der Waals surface area contributed by atoms with Crippen molar-refractivity contribution in [3.63, 3.8) is 0 Å². The molecule has 1 aliphatic rings. The molecule has 0 radical (unpaired) electrons. The third-order valence-electron chi connectivity index (χ3n) is 6.52. The number of nitrogens with zero attached hydrogens (tertiary/aromatic N) is 4. The van der Waals surface area contributed by atoms with E-state index in [1.165, 1.54) is 0 Å². The van der Waals surface area contributed by atoms with Crippen molar-refractivity contribution >= 4 is 23.9 Å². The number of methoxy groups -OCH3 is 2. The van der Waals surface area contributed by atoms with Crippen LogP contribution in [-0.2, 0) is 38.8 Å². The number of carbonyl (C=O) groups is 3. The SMILES string of the molecule is COc1ccc(OC)c(CN(Cc2cnc(N3CCOCC3)nc2)Cc2ccco2)c1.O=C(O)CC(O)(CC(=O)O)C(=O)O. The van der Waals surface area contributed by atoms with Crippen molar-refractivity contribution in [1.82, 2.24) is 14.9 Å². The minimum absolute atomic E-state index is 0.651. The van der Waals surface area contributed by atoms with Crippen molar-refractivity contribution in [2.75, 3.05) is 45.4 Å². The van der Waals surface area contributed by atoms with Gasteiger partial charge in [-0.25, -0.2) is 14.8 Å². The average molecular weight is 617 g/mol. The van der Waals surface area contributed by atoms with E-state index >= 15 is 0 Å². The number of carboxylic acids is 3. The Hall–Kier alpha value is -4.73. The number of aliphatic hydroxyl groups is 1. The van der Waals surface area contributed by atoms with Crippen LogP contribution in [-0.4, -0.2) is 99.3 Å². The molecule has 1 saturated heterocycles. The topological polar surface area (TPSA) is 205 Å². The first-order valence-corrected chi connectivity index (χ1v) is 13.5. The maximum absolute atomic E-state index is 10.3. The summed E-state index contributed by atoms with van der Waals surface area (Å²) < 4.78 is 22.0. The van der Waals surface area contributed by atoms with E-state index in [0.717, 1.165) is 47.4 Å². The van der Waals surface area contributed by atoms with Crippen LogP contribution in [0.15, 0.2) is 53.4 Å². The van der Waals surface area contributed by atoms with Crippen LogP contribution in [0.2, 0.25) is 0 Å². The van der Waals surface area contributed by atoms with Gasteiger partial charge < -0.3 is 44.0 Å². The number of hydrogen-bond acceptors (Lipinski definition) is 12. The Morgan fingerprint density at radius 3 is 2.14 bits per heavy atom. The Kier molecular flexibility index (Phi) is 12.4. The monoisotopic (exact) mass is 616 g/mol. The van der Waals surface area contributed by atoms with Crippen LogP contribution in [0.3, 0.4) is 0 Å². The predicted octanol–water partition coefficient (Wildman–Crippen LogP) is 1.88. The van der Waals surface area contributed by atoms with E-state index in [2.05, 4.69) is 19.8 Å². The van der Waals surface area contributed by atoms with E-state index in [-0.39, 0.29) is 0 Å². The van der Waals surface area contributed by atoms with E-state index in [1.807, 2.05) is 42.7 Å². The molecule has 0 amide bonds. The smallest absolute Gasteiger partial charge is 0.336 e. The molecule has 0 bridgehead atoms. The van der Waals surface area contributed by atoms with E-state index in [4.69, 9.17) is 39.1 Å². The summed E-state index contributed by atoms with van der Waals surface area (Å²) in [4.78, 5) is 44.1. The van der Waals surface area contributed by atoms with E-state index in [9.17, 15) is 14.4 Å². The first kappa shape index (κ1) is 33.8. The zero-order valence-electron chi connectivity index (χ0n) is 24.4. The zero-order valence-corrected chi connectivity index (χ0v) is 24.4. The van der Waals surface area contributed by atoms with Crippen LogP contribution in [0.1, 0.15) is 29.7 Å². The Bertz CT molecular complexity index is 1340. The van der Waals surface area contributed by atoms with Crippen LogP contribution in [0.4, 0.5) is 5.95 Å². The van der Waals surface area contributed by atoms with Gasteiger partial charge >= 0.3 is 17.9 Å². The lowest BCUT2D eigenvalue weighted by atomic mass is 9.96. The van der Waals surface area contributed by atoms with Crippen LogP contribution in [0.25, 0.3) is 0 Å². The molecule has 0 spiro atoms. The molecule has 15 nitrogen and oxygen atoms in total. The van der Waals surface area contributed by atoms with Gasteiger partial charge in [-0.1, -0.05) is 0 Å². The number of hydrogen-bond donors (Lipinski definition) is 4. The number of furan rings is 1. The highest BCUT2D eigenvalue weighted by Gasteiger charge is 2.40. The molecule has 1 aliphatic heterocycles. The molecule has 3 aromatic rings. The average Bonchev–Trinajstić information content (AvgIpc) is 3.50.